The van der Waals surface area contributed by atoms with E-state index >= 15 is 0 Å². The van der Waals surface area contributed by atoms with Crippen molar-refractivity contribution in [3.05, 3.63) is 29.1 Å². The van der Waals surface area contributed by atoms with Gasteiger partial charge in [-0.3, -0.25) is 0 Å². The molecule has 2 aromatic rings. The zero-order valence-electron chi connectivity index (χ0n) is 11.6. The van der Waals surface area contributed by atoms with Crippen LogP contribution in [0.15, 0.2) is 17.3 Å². The molecule has 0 aliphatic carbocycles. The predicted octanol–water partition coefficient (Wildman–Crippen LogP) is 3.46. The van der Waals surface area contributed by atoms with Crippen LogP contribution in [0.25, 0.3) is 11.4 Å². The van der Waals surface area contributed by atoms with Gasteiger partial charge in [-0.1, -0.05) is 11.8 Å². The van der Waals surface area contributed by atoms with Gasteiger partial charge in [0.05, 0.1) is 22.9 Å². The summed E-state index contributed by atoms with van der Waals surface area (Å²) in [7, 11) is 1.45. The molecule has 0 fully saturated rings. The van der Waals surface area contributed by atoms with E-state index in [-0.39, 0.29) is 22.1 Å². The van der Waals surface area contributed by atoms with Gasteiger partial charge >= 0.3 is 6.18 Å². The molecular weight excluding hydrogens is 320 g/mol. The number of nitrogens with zero attached hydrogens (tertiary/aromatic N) is 4. The lowest BCUT2D eigenvalue weighted by Crippen LogP contribution is -2.10. The van der Waals surface area contributed by atoms with Crippen LogP contribution in [-0.2, 0) is 7.05 Å². The number of benzene rings is 1. The van der Waals surface area contributed by atoms with Gasteiger partial charge in [-0.25, -0.2) is 14.1 Å². The molecule has 1 heterocycles. The summed E-state index contributed by atoms with van der Waals surface area (Å²) >= 11 is 0.420. The molecule has 0 radical (unpaired) electrons. The van der Waals surface area contributed by atoms with E-state index in [0.717, 1.165) is 0 Å². The predicted molar refractivity (Wildman–Crippen MR) is 72.6 cm³/mol. The lowest BCUT2D eigenvalue weighted by Gasteiger charge is -2.05. The van der Waals surface area contributed by atoms with E-state index in [2.05, 4.69) is 10.1 Å². The summed E-state index contributed by atoms with van der Waals surface area (Å²) in [6, 6.07) is 4.42. The summed E-state index contributed by atoms with van der Waals surface area (Å²) in [4.78, 5) is 3.91. The monoisotopic (exact) mass is 330 g/mol. The van der Waals surface area contributed by atoms with Crippen LogP contribution in [0.2, 0.25) is 0 Å². The Labute approximate surface area is 127 Å². The molecule has 116 valence electrons. The number of rotatable bonds is 3. The first kappa shape index (κ1) is 16.3. The Morgan fingerprint density at radius 1 is 1.36 bits per heavy atom. The van der Waals surface area contributed by atoms with Gasteiger partial charge in [0.25, 0.3) is 0 Å². The molecule has 0 N–H and O–H groups in total. The Bertz CT molecular complexity index is 746. The molecule has 1 aromatic heterocycles. The Balaban J connectivity index is 2.38. The Morgan fingerprint density at radius 3 is 2.64 bits per heavy atom. The van der Waals surface area contributed by atoms with Crippen molar-refractivity contribution < 1.29 is 17.6 Å². The molecule has 0 aliphatic heterocycles. The second-order valence-corrected chi connectivity index (χ2v) is 5.45. The Hall–Kier alpha value is -2.08. The van der Waals surface area contributed by atoms with Crippen LogP contribution in [0.3, 0.4) is 0 Å². The van der Waals surface area contributed by atoms with Crippen LogP contribution >= 0.6 is 11.8 Å². The minimum Gasteiger partial charge on any atom is -0.248 e. The first-order valence-electron chi connectivity index (χ1n) is 6.02. The van der Waals surface area contributed by atoms with Crippen LogP contribution in [0.5, 0.6) is 0 Å². The average Bonchev–Trinajstić information content (AvgIpc) is 2.77. The normalized spacial score (nSPS) is 11.5. The van der Waals surface area contributed by atoms with Gasteiger partial charge in [0.2, 0.25) is 5.16 Å². The van der Waals surface area contributed by atoms with Crippen molar-refractivity contribution >= 4 is 11.8 Å². The Morgan fingerprint density at radius 2 is 2.05 bits per heavy atom. The van der Waals surface area contributed by atoms with E-state index in [1.807, 2.05) is 6.07 Å². The zero-order valence-corrected chi connectivity index (χ0v) is 12.4. The topological polar surface area (TPSA) is 54.5 Å². The summed E-state index contributed by atoms with van der Waals surface area (Å²) in [5.41, 5.74) is 0.762. The molecular formula is C13H10F4N4S. The standard InChI is InChI=1S/C13H10F4N4S/c1-7-3-10(14)9(4-8(7)5-18)11-19-12(20-21(11)2)22-6-13(15,16)17/h3-4H,6H2,1-2H3. The van der Waals surface area contributed by atoms with Crippen molar-refractivity contribution in [3.8, 4) is 17.5 Å². The van der Waals surface area contributed by atoms with Crippen LogP contribution in [0.1, 0.15) is 11.1 Å². The quantitative estimate of drug-likeness (QED) is 0.639. The number of nitriles is 1. The lowest BCUT2D eigenvalue weighted by molar-refractivity contribution is -0.105. The van der Waals surface area contributed by atoms with E-state index in [0.29, 0.717) is 17.3 Å². The minimum atomic E-state index is -4.34. The summed E-state index contributed by atoms with van der Waals surface area (Å²) in [6.45, 7) is 1.59. The molecule has 1 aromatic carbocycles. The van der Waals surface area contributed by atoms with Crippen molar-refractivity contribution in [2.45, 2.75) is 18.3 Å². The Kier molecular flexibility index (Phi) is 4.42. The second kappa shape index (κ2) is 5.96. The minimum absolute atomic E-state index is 0.0241. The molecule has 2 rings (SSSR count). The third kappa shape index (κ3) is 3.57. The van der Waals surface area contributed by atoms with Crippen LogP contribution in [0, 0.1) is 24.1 Å². The lowest BCUT2D eigenvalue weighted by atomic mass is 10.0. The summed E-state index contributed by atoms with van der Waals surface area (Å²) in [5, 5.41) is 12.7. The van der Waals surface area contributed by atoms with Crippen molar-refractivity contribution in [3.63, 3.8) is 0 Å². The third-order valence-electron chi connectivity index (χ3n) is 2.78. The van der Waals surface area contributed by atoms with E-state index in [1.54, 1.807) is 6.92 Å². The van der Waals surface area contributed by atoms with Gasteiger partial charge in [-0.15, -0.1) is 5.10 Å². The van der Waals surface area contributed by atoms with E-state index < -0.39 is 17.7 Å². The SMILES string of the molecule is Cc1cc(F)c(-c2nc(SCC(F)(F)F)nn2C)cc1C#N. The van der Waals surface area contributed by atoms with Gasteiger partial charge in [-0.2, -0.15) is 18.4 Å². The molecule has 0 spiro atoms. The molecule has 0 saturated carbocycles. The van der Waals surface area contributed by atoms with Crippen molar-refractivity contribution in [1.29, 1.82) is 5.26 Å². The molecule has 4 nitrogen and oxygen atoms in total. The van der Waals surface area contributed by atoms with Crippen molar-refractivity contribution in [2.24, 2.45) is 7.05 Å². The highest BCUT2D eigenvalue weighted by atomic mass is 32.2. The summed E-state index contributed by atoms with van der Waals surface area (Å²) in [5.74, 6) is -1.67. The van der Waals surface area contributed by atoms with Crippen LogP contribution in [0.4, 0.5) is 17.6 Å². The molecule has 0 unspecified atom stereocenters. The molecule has 0 saturated heterocycles. The first-order valence-corrected chi connectivity index (χ1v) is 7.01. The van der Waals surface area contributed by atoms with E-state index in [4.69, 9.17) is 5.26 Å². The number of thioether (sulfide) groups is 1. The average molecular weight is 330 g/mol. The summed E-state index contributed by atoms with van der Waals surface area (Å²) in [6.07, 6.45) is -4.34. The molecule has 0 amide bonds. The fourth-order valence-electron chi connectivity index (χ4n) is 1.77. The number of hydrogen-bond acceptors (Lipinski definition) is 4. The second-order valence-electron chi connectivity index (χ2n) is 4.50. The summed E-state index contributed by atoms with van der Waals surface area (Å²) < 4.78 is 51.8. The number of aryl methyl sites for hydroxylation is 2. The molecule has 0 atom stereocenters. The van der Waals surface area contributed by atoms with Gasteiger partial charge in [0.15, 0.2) is 5.82 Å². The maximum absolute atomic E-state index is 14.0. The van der Waals surface area contributed by atoms with Gasteiger partial charge in [0, 0.05) is 7.05 Å². The maximum atomic E-state index is 14.0. The van der Waals surface area contributed by atoms with Gasteiger partial charge in [-0.05, 0) is 24.6 Å². The molecule has 0 aliphatic rings. The first-order chi connectivity index (χ1) is 10.2. The fourth-order valence-corrected chi connectivity index (χ4v) is 2.39. The van der Waals surface area contributed by atoms with Gasteiger partial charge in [0.1, 0.15) is 5.82 Å². The highest BCUT2D eigenvalue weighted by Gasteiger charge is 2.28. The molecule has 0 bridgehead atoms. The highest BCUT2D eigenvalue weighted by Crippen LogP contribution is 2.29. The van der Waals surface area contributed by atoms with Crippen LogP contribution in [-0.4, -0.2) is 26.7 Å². The van der Waals surface area contributed by atoms with E-state index in [1.165, 1.54) is 23.9 Å². The third-order valence-corrected chi connectivity index (χ3v) is 3.69. The number of alkyl halides is 3. The van der Waals surface area contributed by atoms with E-state index in [9.17, 15) is 17.6 Å². The number of aromatic nitrogens is 3. The maximum Gasteiger partial charge on any atom is 0.398 e. The van der Waals surface area contributed by atoms with Crippen molar-refractivity contribution in [2.75, 3.05) is 5.75 Å². The van der Waals surface area contributed by atoms with Gasteiger partial charge < -0.3 is 0 Å². The number of hydrogen-bond donors (Lipinski definition) is 0. The zero-order chi connectivity index (χ0) is 16.5. The number of halogens is 4. The van der Waals surface area contributed by atoms with Crippen molar-refractivity contribution in [1.82, 2.24) is 14.8 Å². The molecule has 22 heavy (non-hydrogen) atoms. The largest absolute Gasteiger partial charge is 0.398 e. The van der Waals surface area contributed by atoms with Crippen LogP contribution < -0.4 is 0 Å². The fraction of sp³-hybridized carbons (Fsp3) is 0.308. The smallest absolute Gasteiger partial charge is 0.248 e. The highest BCUT2D eigenvalue weighted by molar-refractivity contribution is 7.99. The molecule has 9 heteroatoms.